The van der Waals surface area contributed by atoms with E-state index in [0.717, 1.165) is 43.9 Å². The summed E-state index contributed by atoms with van der Waals surface area (Å²) >= 11 is 0. The fourth-order valence-corrected chi connectivity index (χ4v) is 4.53. The molecule has 3 saturated carbocycles. The Morgan fingerprint density at radius 1 is 1.12 bits per heavy atom. The summed E-state index contributed by atoms with van der Waals surface area (Å²) in [5.74, 6) is 2.87. The lowest BCUT2D eigenvalue weighted by Gasteiger charge is -2.33. The second-order valence-corrected chi connectivity index (χ2v) is 6.78. The molecule has 3 unspecified atom stereocenters. The van der Waals surface area contributed by atoms with E-state index in [1.54, 1.807) is 0 Å². The van der Waals surface area contributed by atoms with E-state index in [1.165, 1.54) is 32.1 Å². The molecule has 17 heavy (non-hydrogen) atoms. The van der Waals surface area contributed by atoms with Crippen LogP contribution in [0, 0.1) is 17.8 Å². The summed E-state index contributed by atoms with van der Waals surface area (Å²) in [7, 11) is 0. The van der Waals surface area contributed by atoms with Gasteiger partial charge in [-0.25, -0.2) is 0 Å². The highest BCUT2D eigenvalue weighted by molar-refractivity contribution is 5.88. The molecule has 2 N–H and O–H groups in total. The highest BCUT2D eigenvalue weighted by Crippen LogP contribution is 2.50. The van der Waals surface area contributed by atoms with Crippen LogP contribution >= 0.6 is 0 Å². The molecule has 3 aliphatic rings. The van der Waals surface area contributed by atoms with Crippen molar-refractivity contribution in [2.45, 2.75) is 69.7 Å². The van der Waals surface area contributed by atoms with Crippen LogP contribution in [0.4, 0.5) is 0 Å². The average molecular weight is 235 g/mol. The van der Waals surface area contributed by atoms with Crippen molar-refractivity contribution in [2.24, 2.45) is 23.5 Å². The number of Topliss-reactive ketones (excluding diaryl/α,β-unsaturated/α-hetero) is 1. The number of hydrogen-bond donors (Lipinski definition) is 1. The van der Waals surface area contributed by atoms with Crippen LogP contribution in [0.1, 0.15) is 64.2 Å². The van der Waals surface area contributed by atoms with Crippen molar-refractivity contribution in [3.8, 4) is 0 Å². The molecule has 0 heterocycles. The molecular formula is C15H25NO. The topological polar surface area (TPSA) is 43.1 Å². The minimum Gasteiger partial charge on any atom is -0.319 e. The predicted octanol–water partition coefficient (Wildman–Crippen LogP) is 3.04. The normalized spacial score (nSPS) is 39.5. The molecule has 2 nitrogen and oxygen atoms in total. The van der Waals surface area contributed by atoms with Crippen LogP contribution in [-0.2, 0) is 4.79 Å². The van der Waals surface area contributed by atoms with Gasteiger partial charge in [-0.3, -0.25) is 4.79 Å². The molecule has 0 saturated heterocycles. The molecule has 2 heteroatoms. The van der Waals surface area contributed by atoms with Crippen LogP contribution in [0.3, 0.4) is 0 Å². The van der Waals surface area contributed by atoms with E-state index >= 15 is 0 Å². The molecule has 0 aliphatic heterocycles. The molecule has 0 aromatic heterocycles. The third kappa shape index (κ3) is 2.16. The second-order valence-electron chi connectivity index (χ2n) is 6.78. The zero-order chi connectivity index (χ0) is 11.9. The van der Waals surface area contributed by atoms with E-state index in [4.69, 9.17) is 5.73 Å². The summed E-state index contributed by atoms with van der Waals surface area (Å²) in [4.78, 5) is 12.4. The summed E-state index contributed by atoms with van der Waals surface area (Å²) in [5, 5.41) is 0. The van der Waals surface area contributed by atoms with E-state index < -0.39 is 5.54 Å². The van der Waals surface area contributed by atoms with Gasteiger partial charge in [0.1, 0.15) is 0 Å². The number of rotatable bonds is 3. The first kappa shape index (κ1) is 11.7. The minimum absolute atomic E-state index is 0.384. The van der Waals surface area contributed by atoms with Crippen LogP contribution < -0.4 is 5.73 Å². The van der Waals surface area contributed by atoms with Gasteiger partial charge in [-0.15, -0.1) is 0 Å². The second kappa shape index (κ2) is 4.38. The van der Waals surface area contributed by atoms with Crippen LogP contribution in [0.2, 0.25) is 0 Å². The molecule has 0 amide bonds. The maximum absolute atomic E-state index is 12.4. The summed E-state index contributed by atoms with van der Waals surface area (Å²) in [6, 6.07) is 0. The Morgan fingerprint density at radius 3 is 2.47 bits per heavy atom. The van der Waals surface area contributed by atoms with Crippen LogP contribution in [-0.4, -0.2) is 11.3 Å². The SMILES string of the molecule is NC1(C(=O)CC2CC3CCC2C3)CCCCC1. The van der Waals surface area contributed by atoms with Crippen molar-refractivity contribution in [3.63, 3.8) is 0 Å². The zero-order valence-electron chi connectivity index (χ0n) is 10.8. The van der Waals surface area contributed by atoms with Gasteiger partial charge in [0.15, 0.2) is 5.78 Å². The van der Waals surface area contributed by atoms with Gasteiger partial charge >= 0.3 is 0 Å². The number of hydrogen-bond acceptors (Lipinski definition) is 2. The van der Waals surface area contributed by atoms with Crippen LogP contribution in [0.25, 0.3) is 0 Å². The van der Waals surface area contributed by atoms with Crippen molar-refractivity contribution < 1.29 is 4.79 Å². The third-order valence-electron chi connectivity index (χ3n) is 5.63. The number of carbonyl (C=O) groups excluding carboxylic acids is 1. The summed E-state index contributed by atoms with van der Waals surface area (Å²) in [6.07, 6.45) is 11.7. The first-order valence-electron chi connectivity index (χ1n) is 7.49. The van der Waals surface area contributed by atoms with Gasteiger partial charge < -0.3 is 5.73 Å². The Kier molecular flexibility index (Phi) is 3.02. The van der Waals surface area contributed by atoms with E-state index in [2.05, 4.69) is 0 Å². The van der Waals surface area contributed by atoms with E-state index in [1.807, 2.05) is 0 Å². The molecule has 3 rings (SSSR count). The van der Waals surface area contributed by atoms with Gasteiger partial charge in [-0.1, -0.05) is 25.7 Å². The lowest BCUT2D eigenvalue weighted by Crippen LogP contribution is -2.50. The van der Waals surface area contributed by atoms with Gasteiger partial charge in [0, 0.05) is 6.42 Å². The summed E-state index contributed by atoms with van der Waals surface area (Å²) < 4.78 is 0. The third-order valence-corrected chi connectivity index (χ3v) is 5.63. The Bertz CT molecular complexity index is 306. The molecule has 0 aromatic rings. The molecule has 3 aliphatic carbocycles. The molecule has 2 bridgehead atoms. The molecule has 3 fully saturated rings. The minimum atomic E-state index is -0.444. The summed E-state index contributed by atoms with van der Waals surface area (Å²) in [6.45, 7) is 0. The van der Waals surface area contributed by atoms with Gasteiger partial charge in [-0.05, 0) is 49.9 Å². The Morgan fingerprint density at radius 2 is 1.88 bits per heavy atom. The van der Waals surface area contributed by atoms with Crippen molar-refractivity contribution in [1.82, 2.24) is 0 Å². The largest absolute Gasteiger partial charge is 0.319 e. The van der Waals surface area contributed by atoms with E-state index in [-0.39, 0.29) is 0 Å². The van der Waals surface area contributed by atoms with Gasteiger partial charge in [0.25, 0.3) is 0 Å². The highest BCUT2D eigenvalue weighted by atomic mass is 16.1. The molecule has 96 valence electrons. The molecule has 3 atom stereocenters. The van der Waals surface area contributed by atoms with Crippen molar-refractivity contribution in [1.29, 1.82) is 0 Å². The Labute approximate surface area is 104 Å². The van der Waals surface area contributed by atoms with E-state index in [0.29, 0.717) is 11.7 Å². The molecule has 0 aromatic carbocycles. The van der Waals surface area contributed by atoms with E-state index in [9.17, 15) is 4.79 Å². The molecule has 0 spiro atoms. The quantitative estimate of drug-likeness (QED) is 0.817. The fraction of sp³-hybridized carbons (Fsp3) is 0.933. The van der Waals surface area contributed by atoms with Gasteiger partial charge in [0.05, 0.1) is 5.54 Å². The standard InChI is InChI=1S/C15H25NO/c16-15(6-2-1-3-7-15)14(17)10-13-9-11-4-5-12(13)8-11/h11-13H,1-10,16H2. The average Bonchev–Trinajstić information content (AvgIpc) is 2.92. The van der Waals surface area contributed by atoms with Gasteiger partial charge in [0.2, 0.25) is 0 Å². The maximum Gasteiger partial charge on any atom is 0.152 e. The number of carbonyl (C=O) groups is 1. The Balaban J connectivity index is 1.59. The summed E-state index contributed by atoms with van der Waals surface area (Å²) in [5.41, 5.74) is 5.88. The Hall–Kier alpha value is -0.370. The van der Waals surface area contributed by atoms with Crippen LogP contribution in [0.5, 0.6) is 0 Å². The number of nitrogens with two attached hydrogens (primary N) is 1. The maximum atomic E-state index is 12.4. The zero-order valence-corrected chi connectivity index (χ0v) is 10.8. The lowest BCUT2D eigenvalue weighted by molar-refractivity contribution is -0.126. The predicted molar refractivity (Wildman–Crippen MR) is 68.6 cm³/mol. The highest BCUT2D eigenvalue weighted by Gasteiger charge is 2.43. The van der Waals surface area contributed by atoms with Crippen molar-refractivity contribution in [3.05, 3.63) is 0 Å². The van der Waals surface area contributed by atoms with Crippen molar-refractivity contribution >= 4 is 5.78 Å². The number of fused-ring (bicyclic) bond motifs is 2. The number of ketones is 1. The van der Waals surface area contributed by atoms with Crippen LogP contribution in [0.15, 0.2) is 0 Å². The first-order chi connectivity index (χ1) is 8.17. The molecule has 0 radical (unpaired) electrons. The smallest absolute Gasteiger partial charge is 0.152 e. The lowest BCUT2D eigenvalue weighted by atomic mass is 9.75. The first-order valence-corrected chi connectivity index (χ1v) is 7.49. The fourth-order valence-electron chi connectivity index (χ4n) is 4.53. The van der Waals surface area contributed by atoms with Gasteiger partial charge in [-0.2, -0.15) is 0 Å². The van der Waals surface area contributed by atoms with Crippen molar-refractivity contribution in [2.75, 3.05) is 0 Å². The monoisotopic (exact) mass is 235 g/mol. The molecular weight excluding hydrogens is 210 g/mol.